The van der Waals surface area contributed by atoms with Crippen LogP contribution in [0.15, 0.2) is 18.2 Å². The molecule has 1 saturated carbocycles. The molecule has 0 bridgehead atoms. The van der Waals surface area contributed by atoms with Gasteiger partial charge in [-0.15, -0.1) is 0 Å². The third kappa shape index (κ3) is 3.03. The van der Waals surface area contributed by atoms with Gasteiger partial charge in [-0.1, -0.05) is 23.2 Å². The summed E-state index contributed by atoms with van der Waals surface area (Å²) in [5, 5.41) is 1.21. The molecule has 1 aromatic carbocycles. The van der Waals surface area contributed by atoms with Gasteiger partial charge in [-0.3, -0.25) is 0 Å². The zero-order valence-electron chi connectivity index (χ0n) is 8.96. The number of benzene rings is 1. The minimum absolute atomic E-state index is 0.253. The van der Waals surface area contributed by atoms with Crippen LogP contribution in [0.2, 0.25) is 10.0 Å². The van der Waals surface area contributed by atoms with Gasteiger partial charge in [0.15, 0.2) is 0 Å². The quantitative estimate of drug-likeness (QED) is 0.902. The van der Waals surface area contributed by atoms with E-state index in [9.17, 15) is 0 Å². The van der Waals surface area contributed by atoms with E-state index in [4.69, 9.17) is 33.7 Å². The van der Waals surface area contributed by atoms with Gasteiger partial charge in [0.25, 0.3) is 0 Å². The summed E-state index contributed by atoms with van der Waals surface area (Å²) in [6, 6.07) is 5.29. The average molecular weight is 260 g/mol. The van der Waals surface area contributed by atoms with Crippen LogP contribution < -0.4 is 10.5 Å². The van der Waals surface area contributed by atoms with Crippen LogP contribution in [0.4, 0.5) is 0 Å². The highest BCUT2D eigenvalue weighted by atomic mass is 35.5. The van der Waals surface area contributed by atoms with Gasteiger partial charge in [0.05, 0.1) is 6.10 Å². The Kier molecular flexibility index (Phi) is 3.95. The normalized spacial score (nSPS) is 24.7. The summed E-state index contributed by atoms with van der Waals surface area (Å²) in [6.45, 7) is 0.746. The molecule has 2 nitrogen and oxygen atoms in total. The molecule has 1 fully saturated rings. The molecule has 88 valence electrons. The highest BCUT2D eigenvalue weighted by molar-refractivity contribution is 6.34. The number of rotatable bonds is 3. The van der Waals surface area contributed by atoms with E-state index in [2.05, 4.69) is 0 Å². The number of ether oxygens (including phenoxy) is 1. The minimum Gasteiger partial charge on any atom is -0.490 e. The lowest BCUT2D eigenvalue weighted by atomic mass is 10.1. The predicted octanol–water partition coefficient (Wildman–Crippen LogP) is 3.50. The van der Waals surface area contributed by atoms with E-state index in [0.717, 1.165) is 31.6 Å². The fourth-order valence-corrected chi connectivity index (χ4v) is 2.65. The highest BCUT2D eigenvalue weighted by Crippen LogP contribution is 2.31. The van der Waals surface area contributed by atoms with Crippen molar-refractivity contribution in [2.24, 2.45) is 11.7 Å². The van der Waals surface area contributed by atoms with Crippen LogP contribution in [0.5, 0.6) is 5.75 Å². The van der Waals surface area contributed by atoms with Gasteiger partial charge in [-0.05, 0) is 49.9 Å². The summed E-state index contributed by atoms with van der Waals surface area (Å²) in [7, 11) is 0. The molecular weight excluding hydrogens is 245 g/mol. The zero-order valence-corrected chi connectivity index (χ0v) is 10.5. The first-order chi connectivity index (χ1) is 7.67. The summed E-state index contributed by atoms with van der Waals surface area (Å²) >= 11 is 11.8. The number of hydrogen-bond acceptors (Lipinski definition) is 2. The number of hydrogen-bond donors (Lipinski definition) is 1. The fraction of sp³-hybridized carbons (Fsp3) is 0.500. The van der Waals surface area contributed by atoms with Gasteiger partial charge in [0, 0.05) is 10.0 Å². The molecule has 2 rings (SSSR count). The monoisotopic (exact) mass is 259 g/mol. The Morgan fingerprint density at radius 1 is 1.19 bits per heavy atom. The first-order valence-corrected chi connectivity index (χ1v) is 6.26. The second kappa shape index (κ2) is 5.26. The Hall–Kier alpha value is -0.440. The van der Waals surface area contributed by atoms with E-state index < -0.39 is 0 Å². The Bertz CT molecular complexity index is 350. The Morgan fingerprint density at radius 2 is 1.88 bits per heavy atom. The zero-order chi connectivity index (χ0) is 11.5. The summed E-state index contributed by atoms with van der Waals surface area (Å²) < 4.78 is 5.84. The third-order valence-corrected chi connectivity index (χ3v) is 3.40. The lowest BCUT2D eigenvalue weighted by Crippen LogP contribution is -2.15. The molecule has 0 heterocycles. The van der Waals surface area contributed by atoms with Crippen molar-refractivity contribution in [1.82, 2.24) is 0 Å². The van der Waals surface area contributed by atoms with Crippen molar-refractivity contribution in [3.8, 4) is 5.75 Å². The van der Waals surface area contributed by atoms with E-state index in [-0.39, 0.29) is 6.10 Å². The molecule has 2 atom stereocenters. The molecular formula is C12H15Cl2NO. The third-order valence-electron chi connectivity index (χ3n) is 2.97. The predicted molar refractivity (Wildman–Crippen MR) is 67.3 cm³/mol. The summed E-state index contributed by atoms with van der Waals surface area (Å²) in [6.07, 6.45) is 3.49. The SMILES string of the molecule is NCC1CCC(Oc2cc(Cl)cc(Cl)c2)C1. The van der Waals surface area contributed by atoms with E-state index >= 15 is 0 Å². The second-order valence-electron chi connectivity index (χ2n) is 4.26. The van der Waals surface area contributed by atoms with Gasteiger partial charge in [-0.2, -0.15) is 0 Å². The lowest BCUT2D eigenvalue weighted by molar-refractivity contribution is 0.205. The Labute approximate surface area is 106 Å². The summed E-state index contributed by atoms with van der Waals surface area (Å²) in [5.41, 5.74) is 5.64. The molecule has 1 aliphatic carbocycles. The van der Waals surface area contributed by atoms with Crippen molar-refractivity contribution in [2.75, 3.05) is 6.54 Å². The van der Waals surface area contributed by atoms with Gasteiger partial charge < -0.3 is 10.5 Å². The topological polar surface area (TPSA) is 35.2 Å². The van der Waals surface area contributed by atoms with Crippen molar-refractivity contribution in [3.63, 3.8) is 0 Å². The molecule has 2 N–H and O–H groups in total. The Balaban J connectivity index is 1.99. The summed E-state index contributed by atoms with van der Waals surface area (Å²) in [4.78, 5) is 0. The van der Waals surface area contributed by atoms with Crippen molar-refractivity contribution in [2.45, 2.75) is 25.4 Å². The molecule has 0 radical (unpaired) electrons. The van der Waals surface area contributed by atoms with Crippen molar-refractivity contribution in [3.05, 3.63) is 28.2 Å². The lowest BCUT2D eigenvalue weighted by Gasteiger charge is -2.14. The molecule has 16 heavy (non-hydrogen) atoms. The number of halogens is 2. The Morgan fingerprint density at radius 3 is 2.44 bits per heavy atom. The van der Waals surface area contributed by atoms with Crippen molar-refractivity contribution in [1.29, 1.82) is 0 Å². The van der Waals surface area contributed by atoms with Crippen LogP contribution in [-0.4, -0.2) is 12.6 Å². The second-order valence-corrected chi connectivity index (χ2v) is 5.13. The van der Waals surface area contributed by atoms with Crippen LogP contribution >= 0.6 is 23.2 Å². The molecule has 2 unspecified atom stereocenters. The first-order valence-electron chi connectivity index (χ1n) is 5.50. The van der Waals surface area contributed by atoms with Crippen molar-refractivity contribution < 1.29 is 4.74 Å². The standard InChI is InChI=1S/C12H15Cl2NO/c13-9-4-10(14)6-12(5-9)16-11-2-1-8(3-11)7-15/h4-6,8,11H,1-3,7,15H2. The molecule has 0 spiro atoms. The van der Waals surface area contributed by atoms with Crippen molar-refractivity contribution >= 4 is 23.2 Å². The van der Waals surface area contributed by atoms with Gasteiger partial charge in [0.2, 0.25) is 0 Å². The molecule has 1 aliphatic rings. The summed E-state index contributed by atoms with van der Waals surface area (Å²) in [5.74, 6) is 1.35. The highest BCUT2D eigenvalue weighted by Gasteiger charge is 2.25. The molecule has 0 aromatic heterocycles. The maximum atomic E-state index is 5.91. The minimum atomic E-state index is 0.253. The maximum Gasteiger partial charge on any atom is 0.122 e. The maximum absolute atomic E-state index is 5.91. The van der Waals surface area contributed by atoms with Crippen LogP contribution in [-0.2, 0) is 0 Å². The van der Waals surface area contributed by atoms with Gasteiger partial charge >= 0.3 is 0 Å². The van der Waals surface area contributed by atoms with E-state index in [1.165, 1.54) is 0 Å². The number of nitrogens with two attached hydrogens (primary N) is 1. The van der Waals surface area contributed by atoms with Crippen LogP contribution in [0.25, 0.3) is 0 Å². The molecule has 1 aromatic rings. The van der Waals surface area contributed by atoms with E-state index in [1.807, 2.05) is 0 Å². The first kappa shape index (κ1) is 12.0. The molecule has 0 saturated heterocycles. The van der Waals surface area contributed by atoms with Crippen LogP contribution in [0.3, 0.4) is 0 Å². The van der Waals surface area contributed by atoms with Crippen LogP contribution in [0.1, 0.15) is 19.3 Å². The molecule has 4 heteroatoms. The van der Waals surface area contributed by atoms with E-state index in [0.29, 0.717) is 16.0 Å². The van der Waals surface area contributed by atoms with Crippen LogP contribution in [0, 0.1) is 5.92 Å². The van der Waals surface area contributed by atoms with Gasteiger partial charge in [0.1, 0.15) is 5.75 Å². The van der Waals surface area contributed by atoms with E-state index in [1.54, 1.807) is 18.2 Å². The molecule has 0 amide bonds. The largest absolute Gasteiger partial charge is 0.490 e. The fourth-order valence-electron chi connectivity index (χ4n) is 2.14. The molecule has 0 aliphatic heterocycles. The average Bonchev–Trinajstić information content (AvgIpc) is 2.64. The van der Waals surface area contributed by atoms with Gasteiger partial charge in [-0.25, -0.2) is 0 Å². The smallest absolute Gasteiger partial charge is 0.122 e.